The third-order valence-corrected chi connectivity index (χ3v) is 2.86. The maximum Gasteiger partial charge on any atom is 0.252 e. The van der Waals surface area contributed by atoms with Gasteiger partial charge in [0.15, 0.2) is 0 Å². The third kappa shape index (κ3) is 2.73. The van der Waals surface area contributed by atoms with Crippen LogP contribution in [0.15, 0.2) is 29.8 Å². The van der Waals surface area contributed by atoms with Gasteiger partial charge in [0.05, 0.1) is 5.56 Å². The standard InChI is InChI=1S/C11H11N3O2S/c12-7-1-2-9(8(5-7)11(13)15)16-6-10-14-3-4-17-10/h1-5H,6,12H2,(H2,13,15). The first kappa shape index (κ1) is 11.4. The smallest absolute Gasteiger partial charge is 0.252 e. The van der Waals surface area contributed by atoms with Crippen molar-refractivity contribution >= 4 is 22.9 Å². The Morgan fingerprint density at radius 1 is 1.47 bits per heavy atom. The van der Waals surface area contributed by atoms with E-state index in [2.05, 4.69) is 4.98 Å². The molecule has 0 bridgehead atoms. The molecule has 2 aromatic rings. The average molecular weight is 249 g/mol. The summed E-state index contributed by atoms with van der Waals surface area (Å²) in [4.78, 5) is 15.3. The van der Waals surface area contributed by atoms with E-state index in [4.69, 9.17) is 16.2 Å². The lowest BCUT2D eigenvalue weighted by Crippen LogP contribution is -2.13. The predicted octanol–water partition coefficient (Wildman–Crippen LogP) is 1.40. The van der Waals surface area contributed by atoms with Crippen LogP contribution in [0.4, 0.5) is 5.69 Å². The van der Waals surface area contributed by atoms with Crippen molar-refractivity contribution in [2.75, 3.05) is 5.73 Å². The number of nitrogens with two attached hydrogens (primary N) is 2. The first-order valence-corrected chi connectivity index (χ1v) is 5.75. The van der Waals surface area contributed by atoms with Gasteiger partial charge in [-0.3, -0.25) is 4.79 Å². The topological polar surface area (TPSA) is 91.2 Å². The van der Waals surface area contributed by atoms with E-state index in [0.29, 0.717) is 18.0 Å². The second-order valence-electron chi connectivity index (χ2n) is 3.33. The summed E-state index contributed by atoms with van der Waals surface area (Å²) < 4.78 is 5.49. The number of benzene rings is 1. The fourth-order valence-electron chi connectivity index (χ4n) is 1.33. The van der Waals surface area contributed by atoms with E-state index in [1.807, 2.05) is 5.38 Å². The molecule has 1 aromatic carbocycles. The Bertz CT molecular complexity index is 526. The van der Waals surface area contributed by atoms with Gasteiger partial charge in [0, 0.05) is 17.3 Å². The largest absolute Gasteiger partial charge is 0.486 e. The Hall–Kier alpha value is -2.08. The second kappa shape index (κ2) is 4.84. The molecule has 1 amide bonds. The molecule has 0 radical (unpaired) electrons. The van der Waals surface area contributed by atoms with Crippen molar-refractivity contribution in [2.45, 2.75) is 6.61 Å². The number of rotatable bonds is 4. The van der Waals surface area contributed by atoms with Gasteiger partial charge in [-0.15, -0.1) is 11.3 Å². The summed E-state index contributed by atoms with van der Waals surface area (Å²) in [5.74, 6) is -0.145. The molecule has 6 heteroatoms. The number of anilines is 1. The number of thiazole rings is 1. The highest BCUT2D eigenvalue weighted by atomic mass is 32.1. The van der Waals surface area contributed by atoms with E-state index < -0.39 is 5.91 Å². The summed E-state index contributed by atoms with van der Waals surface area (Å²) in [6, 6.07) is 4.78. The van der Waals surface area contributed by atoms with Crippen molar-refractivity contribution in [2.24, 2.45) is 5.73 Å². The molecule has 0 fully saturated rings. The minimum absolute atomic E-state index is 0.279. The number of nitrogens with zero attached hydrogens (tertiary/aromatic N) is 1. The van der Waals surface area contributed by atoms with Crippen molar-refractivity contribution in [1.29, 1.82) is 0 Å². The molecular formula is C11H11N3O2S. The Labute approximate surface area is 102 Å². The summed E-state index contributed by atoms with van der Waals surface area (Å²) in [6.45, 7) is 0.307. The number of aromatic nitrogens is 1. The minimum Gasteiger partial charge on any atom is -0.486 e. The normalized spacial score (nSPS) is 10.1. The lowest BCUT2D eigenvalue weighted by atomic mass is 10.1. The maximum atomic E-state index is 11.2. The van der Waals surface area contributed by atoms with E-state index in [9.17, 15) is 4.79 Å². The molecule has 2 rings (SSSR count). The number of ether oxygens (including phenoxy) is 1. The highest BCUT2D eigenvalue weighted by molar-refractivity contribution is 7.09. The molecule has 0 saturated heterocycles. The predicted molar refractivity (Wildman–Crippen MR) is 65.8 cm³/mol. The van der Waals surface area contributed by atoms with Gasteiger partial charge in [0.2, 0.25) is 0 Å². The number of nitrogen functional groups attached to an aromatic ring is 1. The average Bonchev–Trinajstić information content (AvgIpc) is 2.80. The molecule has 0 aliphatic carbocycles. The molecule has 1 aromatic heterocycles. The Morgan fingerprint density at radius 2 is 2.29 bits per heavy atom. The van der Waals surface area contributed by atoms with E-state index in [-0.39, 0.29) is 5.56 Å². The Kier molecular flexibility index (Phi) is 3.24. The van der Waals surface area contributed by atoms with Crippen molar-refractivity contribution in [3.8, 4) is 5.75 Å². The first-order valence-electron chi connectivity index (χ1n) is 4.87. The van der Waals surface area contributed by atoms with Gasteiger partial charge in [-0.1, -0.05) is 0 Å². The first-order chi connectivity index (χ1) is 8.16. The maximum absolute atomic E-state index is 11.2. The number of hydrogen-bond acceptors (Lipinski definition) is 5. The van der Waals surface area contributed by atoms with Gasteiger partial charge in [-0.05, 0) is 18.2 Å². The van der Waals surface area contributed by atoms with E-state index >= 15 is 0 Å². The zero-order valence-corrected chi connectivity index (χ0v) is 9.74. The minimum atomic E-state index is -0.563. The van der Waals surface area contributed by atoms with Crippen molar-refractivity contribution < 1.29 is 9.53 Å². The van der Waals surface area contributed by atoms with Gasteiger partial charge in [0.1, 0.15) is 17.4 Å². The van der Waals surface area contributed by atoms with Crippen LogP contribution in [0.5, 0.6) is 5.75 Å². The Morgan fingerprint density at radius 3 is 2.94 bits per heavy atom. The van der Waals surface area contributed by atoms with Crippen molar-refractivity contribution in [1.82, 2.24) is 4.98 Å². The second-order valence-corrected chi connectivity index (χ2v) is 4.31. The van der Waals surface area contributed by atoms with Crippen LogP contribution in [0, 0.1) is 0 Å². The fourth-order valence-corrected chi connectivity index (χ4v) is 1.86. The lowest BCUT2D eigenvalue weighted by Gasteiger charge is -2.08. The molecule has 5 nitrogen and oxygen atoms in total. The zero-order valence-electron chi connectivity index (χ0n) is 8.92. The highest BCUT2D eigenvalue weighted by Gasteiger charge is 2.10. The SMILES string of the molecule is NC(=O)c1cc(N)ccc1OCc1nccs1. The van der Waals surface area contributed by atoms with Crippen molar-refractivity contribution in [3.05, 3.63) is 40.3 Å². The number of primary amides is 1. The fraction of sp³-hybridized carbons (Fsp3) is 0.0909. The number of carbonyl (C=O) groups is 1. The molecule has 4 N–H and O–H groups in total. The summed E-state index contributed by atoms with van der Waals surface area (Å²) >= 11 is 1.48. The van der Waals surface area contributed by atoms with Gasteiger partial charge in [-0.25, -0.2) is 4.98 Å². The van der Waals surface area contributed by atoms with Crippen LogP contribution in [0.25, 0.3) is 0 Å². The molecule has 0 aliphatic rings. The van der Waals surface area contributed by atoms with E-state index in [1.165, 1.54) is 17.4 Å². The summed E-state index contributed by atoms with van der Waals surface area (Å²) in [6.07, 6.45) is 1.70. The van der Waals surface area contributed by atoms with Crippen molar-refractivity contribution in [3.63, 3.8) is 0 Å². The van der Waals surface area contributed by atoms with E-state index in [1.54, 1.807) is 18.3 Å². The van der Waals surface area contributed by atoms with Crippen LogP contribution < -0.4 is 16.2 Å². The number of amides is 1. The van der Waals surface area contributed by atoms with Crippen LogP contribution in [-0.4, -0.2) is 10.9 Å². The van der Waals surface area contributed by atoms with Crippen LogP contribution in [0.2, 0.25) is 0 Å². The van der Waals surface area contributed by atoms with E-state index in [0.717, 1.165) is 5.01 Å². The zero-order chi connectivity index (χ0) is 12.3. The van der Waals surface area contributed by atoms with Crippen LogP contribution in [0.1, 0.15) is 15.4 Å². The summed E-state index contributed by atoms with van der Waals surface area (Å²) in [7, 11) is 0. The van der Waals surface area contributed by atoms with Gasteiger partial charge < -0.3 is 16.2 Å². The molecule has 17 heavy (non-hydrogen) atoms. The number of hydrogen-bond donors (Lipinski definition) is 2. The molecule has 0 unspecified atom stereocenters. The van der Waals surface area contributed by atoms with Crippen LogP contribution >= 0.6 is 11.3 Å². The molecule has 0 aliphatic heterocycles. The molecule has 1 heterocycles. The number of carbonyl (C=O) groups excluding carboxylic acids is 1. The van der Waals surface area contributed by atoms with Gasteiger partial charge >= 0.3 is 0 Å². The van der Waals surface area contributed by atoms with Gasteiger partial charge in [0.25, 0.3) is 5.91 Å². The monoisotopic (exact) mass is 249 g/mol. The molecule has 0 spiro atoms. The van der Waals surface area contributed by atoms with Crippen LogP contribution in [0.3, 0.4) is 0 Å². The summed E-state index contributed by atoms with van der Waals surface area (Å²) in [5.41, 5.74) is 11.6. The molecular weight excluding hydrogens is 238 g/mol. The molecule has 0 saturated carbocycles. The van der Waals surface area contributed by atoms with Gasteiger partial charge in [-0.2, -0.15) is 0 Å². The van der Waals surface area contributed by atoms with Crippen LogP contribution in [-0.2, 0) is 6.61 Å². The Balaban J connectivity index is 2.17. The molecule has 88 valence electrons. The highest BCUT2D eigenvalue weighted by Crippen LogP contribution is 2.22. The quantitative estimate of drug-likeness (QED) is 0.801. The third-order valence-electron chi connectivity index (χ3n) is 2.10. The lowest BCUT2D eigenvalue weighted by molar-refractivity contribution is 0.0996. The summed E-state index contributed by atoms with van der Waals surface area (Å²) in [5, 5.41) is 2.69. The molecule has 0 atom stereocenters.